The molecule has 0 aliphatic rings. The number of allylic oxidation sites excluding steroid dienone is 4. The molecule has 0 radical (unpaired) electrons. The summed E-state index contributed by atoms with van der Waals surface area (Å²) < 4.78 is 0. The number of rotatable bonds is 18. The third-order valence-electron chi connectivity index (χ3n) is 4.52. The topological polar surface area (TPSA) is 0 Å². The normalized spacial score (nSPS) is 11.9. The fourth-order valence-electron chi connectivity index (χ4n) is 2.90. The first kappa shape index (κ1) is 22.5. The smallest absolute Gasteiger partial charge is 0.0351 e. The van der Waals surface area contributed by atoms with Crippen LogP contribution >= 0.6 is 0 Å². The Balaban J connectivity index is 3.11. The summed E-state index contributed by atoms with van der Waals surface area (Å²) in [5.74, 6) is 0. The lowest BCUT2D eigenvalue weighted by Gasteiger charge is -1.98. The van der Waals surface area contributed by atoms with Crippen LogP contribution in [0.5, 0.6) is 0 Å². The second-order valence-corrected chi connectivity index (χ2v) is 6.99. The van der Waals surface area contributed by atoms with Crippen molar-refractivity contribution in [3.05, 3.63) is 24.3 Å². The zero-order chi connectivity index (χ0) is 16.8. The van der Waals surface area contributed by atoms with Crippen molar-refractivity contribution in [2.24, 2.45) is 0 Å². The van der Waals surface area contributed by atoms with Crippen LogP contribution in [0.4, 0.5) is 0 Å². The Morgan fingerprint density at radius 1 is 0.348 bits per heavy atom. The van der Waals surface area contributed by atoms with Crippen molar-refractivity contribution in [1.29, 1.82) is 0 Å². The molecule has 0 aromatic heterocycles. The van der Waals surface area contributed by atoms with Gasteiger partial charge in [0.2, 0.25) is 0 Å². The van der Waals surface area contributed by atoms with E-state index in [0.717, 1.165) is 0 Å². The average molecular weight is 321 g/mol. The third kappa shape index (κ3) is 21.5. The lowest BCUT2D eigenvalue weighted by Crippen LogP contribution is -1.78. The van der Waals surface area contributed by atoms with Gasteiger partial charge in [0.25, 0.3) is 0 Å². The Bertz CT molecular complexity index is 249. The van der Waals surface area contributed by atoms with Gasteiger partial charge in [-0.25, -0.2) is 0 Å². The largest absolute Gasteiger partial charge is 0.0885 e. The lowest BCUT2D eigenvalue weighted by molar-refractivity contribution is 0.610. The number of hydrogen-bond acceptors (Lipinski definition) is 0. The van der Waals surface area contributed by atoms with Gasteiger partial charge in [0.05, 0.1) is 0 Å². The summed E-state index contributed by atoms with van der Waals surface area (Å²) in [4.78, 5) is 0. The van der Waals surface area contributed by atoms with Crippen LogP contribution in [0.3, 0.4) is 0 Å². The molecule has 0 bridgehead atoms. The minimum Gasteiger partial charge on any atom is -0.0885 e. The fourth-order valence-corrected chi connectivity index (χ4v) is 2.90. The molecule has 0 saturated heterocycles. The zero-order valence-corrected chi connectivity index (χ0v) is 16.3. The summed E-state index contributed by atoms with van der Waals surface area (Å²) in [7, 11) is 0. The van der Waals surface area contributed by atoms with Crippen molar-refractivity contribution >= 4 is 0 Å². The molecular weight excluding hydrogens is 276 g/mol. The van der Waals surface area contributed by atoms with Crippen LogP contribution in [-0.2, 0) is 0 Å². The second-order valence-electron chi connectivity index (χ2n) is 6.99. The molecule has 0 heterocycles. The fraction of sp³-hybridized carbons (Fsp3) is 0.826. The molecule has 0 unspecified atom stereocenters. The highest BCUT2D eigenvalue weighted by Crippen LogP contribution is 2.09. The number of unbranched alkanes of at least 4 members (excludes halogenated alkanes) is 14. The maximum Gasteiger partial charge on any atom is -0.0351 e. The van der Waals surface area contributed by atoms with Crippen LogP contribution in [-0.4, -0.2) is 0 Å². The number of hydrogen-bond donors (Lipinski definition) is 0. The molecule has 0 rings (SSSR count). The molecule has 0 aliphatic carbocycles. The molecule has 0 spiro atoms. The molecule has 23 heavy (non-hydrogen) atoms. The average Bonchev–Trinajstić information content (AvgIpc) is 2.57. The standard InChI is InChI=1S/C23H44/c1-3-5-7-9-11-13-15-17-19-21-23-22-20-18-16-14-12-10-8-6-4-2/h13,15,18,20H,3-12,14,16-17,19,21-23H2,1-2H3. The van der Waals surface area contributed by atoms with Gasteiger partial charge in [-0.05, 0) is 51.4 Å². The molecule has 0 heteroatoms. The zero-order valence-electron chi connectivity index (χ0n) is 16.3. The molecule has 0 fully saturated rings. The Kier molecular flexibility index (Phi) is 21.0. The summed E-state index contributed by atoms with van der Waals surface area (Å²) in [5, 5.41) is 0. The molecular formula is C23H44. The Labute approximate surface area is 147 Å². The van der Waals surface area contributed by atoms with E-state index < -0.39 is 0 Å². The minimum atomic E-state index is 1.29. The van der Waals surface area contributed by atoms with Gasteiger partial charge in [-0.1, -0.05) is 95.9 Å². The molecule has 0 amide bonds. The molecule has 136 valence electrons. The minimum absolute atomic E-state index is 1.29. The van der Waals surface area contributed by atoms with Crippen LogP contribution in [0, 0.1) is 0 Å². The van der Waals surface area contributed by atoms with Crippen molar-refractivity contribution in [2.45, 2.75) is 123 Å². The summed E-state index contributed by atoms with van der Waals surface area (Å²) in [6, 6.07) is 0. The quantitative estimate of drug-likeness (QED) is 0.175. The van der Waals surface area contributed by atoms with E-state index in [1.807, 2.05) is 0 Å². The predicted molar refractivity (Wildman–Crippen MR) is 108 cm³/mol. The Morgan fingerprint density at radius 3 is 1.00 bits per heavy atom. The highest BCUT2D eigenvalue weighted by Gasteiger charge is 1.89. The van der Waals surface area contributed by atoms with E-state index in [0.29, 0.717) is 0 Å². The van der Waals surface area contributed by atoms with E-state index in [4.69, 9.17) is 0 Å². The van der Waals surface area contributed by atoms with Crippen molar-refractivity contribution in [2.75, 3.05) is 0 Å². The van der Waals surface area contributed by atoms with Crippen LogP contribution in [0.2, 0.25) is 0 Å². The van der Waals surface area contributed by atoms with Gasteiger partial charge in [0.15, 0.2) is 0 Å². The maximum atomic E-state index is 2.41. The van der Waals surface area contributed by atoms with Gasteiger partial charge in [0, 0.05) is 0 Å². The lowest BCUT2D eigenvalue weighted by atomic mass is 10.1. The van der Waals surface area contributed by atoms with Crippen LogP contribution in [0.25, 0.3) is 0 Å². The highest BCUT2D eigenvalue weighted by atomic mass is 14.0. The molecule has 0 aromatic rings. The van der Waals surface area contributed by atoms with Crippen molar-refractivity contribution in [3.63, 3.8) is 0 Å². The van der Waals surface area contributed by atoms with Crippen LogP contribution in [0.15, 0.2) is 24.3 Å². The molecule has 0 N–H and O–H groups in total. The molecule has 0 aromatic carbocycles. The van der Waals surface area contributed by atoms with Gasteiger partial charge >= 0.3 is 0 Å². The third-order valence-corrected chi connectivity index (χ3v) is 4.52. The molecule has 0 nitrogen and oxygen atoms in total. The van der Waals surface area contributed by atoms with E-state index in [2.05, 4.69) is 38.2 Å². The van der Waals surface area contributed by atoms with Gasteiger partial charge in [-0.3, -0.25) is 0 Å². The van der Waals surface area contributed by atoms with Crippen LogP contribution in [0.1, 0.15) is 123 Å². The van der Waals surface area contributed by atoms with Gasteiger partial charge in [-0.15, -0.1) is 0 Å². The summed E-state index contributed by atoms with van der Waals surface area (Å²) in [6.07, 6.45) is 32.9. The maximum absolute atomic E-state index is 2.41. The Morgan fingerprint density at radius 2 is 0.609 bits per heavy atom. The first-order valence-electron chi connectivity index (χ1n) is 10.7. The van der Waals surface area contributed by atoms with Gasteiger partial charge < -0.3 is 0 Å². The summed E-state index contributed by atoms with van der Waals surface area (Å²) in [5.41, 5.74) is 0. The first-order valence-corrected chi connectivity index (χ1v) is 10.7. The molecule has 0 aliphatic heterocycles. The monoisotopic (exact) mass is 320 g/mol. The van der Waals surface area contributed by atoms with Gasteiger partial charge in [-0.2, -0.15) is 0 Å². The molecule has 0 saturated carbocycles. The Hall–Kier alpha value is -0.520. The van der Waals surface area contributed by atoms with E-state index in [1.54, 1.807) is 0 Å². The van der Waals surface area contributed by atoms with E-state index in [1.165, 1.54) is 109 Å². The molecule has 0 atom stereocenters. The van der Waals surface area contributed by atoms with Crippen LogP contribution < -0.4 is 0 Å². The van der Waals surface area contributed by atoms with Crippen molar-refractivity contribution in [3.8, 4) is 0 Å². The van der Waals surface area contributed by atoms with E-state index >= 15 is 0 Å². The SMILES string of the molecule is CCCCCCC=CCCCCCC=CCCCCCCCC. The first-order chi connectivity index (χ1) is 11.4. The highest BCUT2D eigenvalue weighted by molar-refractivity contribution is 4.83. The van der Waals surface area contributed by atoms with E-state index in [9.17, 15) is 0 Å². The second kappa shape index (κ2) is 21.5. The van der Waals surface area contributed by atoms with Gasteiger partial charge in [0.1, 0.15) is 0 Å². The predicted octanol–water partition coefficient (Wildman–Crippen LogP) is 8.77. The van der Waals surface area contributed by atoms with Crippen molar-refractivity contribution in [1.82, 2.24) is 0 Å². The van der Waals surface area contributed by atoms with E-state index in [-0.39, 0.29) is 0 Å². The van der Waals surface area contributed by atoms with Crippen molar-refractivity contribution < 1.29 is 0 Å². The summed E-state index contributed by atoms with van der Waals surface area (Å²) in [6.45, 7) is 4.56. The summed E-state index contributed by atoms with van der Waals surface area (Å²) >= 11 is 0.